The van der Waals surface area contributed by atoms with Crippen LogP contribution in [0.3, 0.4) is 0 Å². The van der Waals surface area contributed by atoms with Crippen LogP contribution in [0, 0.1) is 0 Å². The molecule has 2 aliphatic heterocycles. The van der Waals surface area contributed by atoms with E-state index < -0.39 is 6.10 Å². The number of rotatable bonds is 6. The monoisotopic (exact) mass is 599 g/mol. The third kappa shape index (κ3) is 4.82. The molecule has 0 amide bonds. The minimum absolute atomic E-state index is 0.309. The van der Waals surface area contributed by atoms with Crippen LogP contribution in [0.4, 0.5) is 0 Å². The molecule has 35 heavy (non-hydrogen) atoms. The van der Waals surface area contributed by atoms with Gasteiger partial charge in [-0.25, -0.2) is 0 Å². The van der Waals surface area contributed by atoms with Gasteiger partial charge < -0.3 is 19.1 Å². The average Bonchev–Trinajstić information content (AvgIpc) is 3.42. The van der Waals surface area contributed by atoms with Gasteiger partial charge in [-0.15, -0.1) is 0 Å². The van der Waals surface area contributed by atoms with Crippen molar-refractivity contribution < 1.29 is 14.6 Å². The second-order valence-corrected chi connectivity index (χ2v) is 11.2. The van der Waals surface area contributed by atoms with Gasteiger partial charge in [-0.1, -0.05) is 37.9 Å². The molecule has 0 aliphatic carbocycles. The summed E-state index contributed by atoms with van der Waals surface area (Å²) >= 11 is 7.22. The van der Waals surface area contributed by atoms with E-state index in [2.05, 4.69) is 94.8 Å². The van der Waals surface area contributed by atoms with Crippen LogP contribution >= 0.6 is 31.9 Å². The van der Waals surface area contributed by atoms with E-state index in [-0.39, 0.29) is 0 Å². The van der Waals surface area contributed by atoms with Crippen LogP contribution in [0.15, 0.2) is 63.5 Å². The van der Waals surface area contributed by atoms with Gasteiger partial charge in [-0.05, 0) is 54.1 Å². The molecule has 8 heteroatoms. The lowest BCUT2D eigenvalue weighted by atomic mass is 10.1. The largest absolute Gasteiger partial charge is 0.454 e. The van der Waals surface area contributed by atoms with E-state index in [0.29, 0.717) is 19.9 Å². The minimum atomic E-state index is -0.443. The molecule has 1 unspecified atom stereocenters. The number of nitrogens with zero attached hydrogens (tertiary/aromatic N) is 3. The Hall–Kier alpha value is -2.10. The summed E-state index contributed by atoms with van der Waals surface area (Å²) in [6.45, 7) is 6.33. The van der Waals surface area contributed by atoms with E-state index in [1.54, 1.807) is 0 Å². The number of halogens is 2. The van der Waals surface area contributed by atoms with Crippen molar-refractivity contribution in [2.45, 2.75) is 19.2 Å². The highest BCUT2D eigenvalue weighted by molar-refractivity contribution is 9.10. The third-order valence-electron chi connectivity index (χ3n) is 6.96. The molecule has 0 saturated carbocycles. The molecule has 1 N–H and O–H groups in total. The quantitative estimate of drug-likeness (QED) is 0.329. The van der Waals surface area contributed by atoms with Crippen molar-refractivity contribution in [3.63, 3.8) is 0 Å². The first-order valence-corrected chi connectivity index (χ1v) is 13.5. The van der Waals surface area contributed by atoms with Crippen LogP contribution in [-0.2, 0) is 13.1 Å². The summed E-state index contributed by atoms with van der Waals surface area (Å²) in [6.07, 6.45) is -0.443. The zero-order chi connectivity index (χ0) is 23.9. The number of aliphatic hydroxyl groups is 1. The highest BCUT2D eigenvalue weighted by atomic mass is 79.9. The highest BCUT2D eigenvalue weighted by Gasteiger charge is 2.22. The van der Waals surface area contributed by atoms with Crippen molar-refractivity contribution in [1.29, 1.82) is 0 Å². The number of β-amino-alcohol motifs (C(OH)–C–C–N with tert-alkyl or cyclic N) is 1. The molecule has 2 aliphatic rings. The number of ether oxygens (including phenoxy) is 2. The van der Waals surface area contributed by atoms with Crippen LogP contribution in [0.1, 0.15) is 5.56 Å². The molecule has 6 rings (SSSR count). The van der Waals surface area contributed by atoms with E-state index in [4.69, 9.17) is 9.47 Å². The van der Waals surface area contributed by atoms with Gasteiger partial charge in [0.05, 0.1) is 12.6 Å². The van der Waals surface area contributed by atoms with Gasteiger partial charge in [0.15, 0.2) is 11.5 Å². The lowest BCUT2D eigenvalue weighted by molar-refractivity contribution is 0.0633. The van der Waals surface area contributed by atoms with Crippen molar-refractivity contribution in [3.05, 3.63) is 69.1 Å². The standard InChI is InChI=1S/C27H27Br2N3O3/c28-19-2-4-24-22(12-19)23-13-20(29)3-5-25(23)32(24)16-21(33)15-31-9-7-30(8-10-31)14-18-1-6-26-27(11-18)35-17-34-26/h1-6,11-13,21,33H,7-10,14-17H2. The Bertz CT molecular complexity index is 1320. The van der Waals surface area contributed by atoms with Crippen LogP contribution in [0.2, 0.25) is 0 Å². The molecule has 182 valence electrons. The molecule has 1 saturated heterocycles. The fourth-order valence-electron chi connectivity index (χ4n) is 5.24. The molecular weight excluding hydrogens is 574 g/mol. The summed E-state index contributed by atoms with van der Waals surface area (Å²) in [4.78, 5) is 4.84. The predicted octanol–water partition coefficient (Wildman–Crippen LogP) is 5.23. The van der Waals surface area contributed by atoms with Crippen LogP contribution in [-0.4, -0.2) is 65.1 Å². The summed E-state index contributed by atoms with van der Waals surface area (Å²) in [5, 5.41) is 13.5. The summed E-state index contributed by atoms with van der Waals surface area (Å²) in [5.74, 6) is 1.67. The molecule has 0 bridgehead atoms. The maximum Gasteiger partial charge on any atom is 0.231 e. The number of aliphatic hydroxyl groups excluding tert-OH is 1. The van der Waals surface area contributed by atoms with Crippen LogP contribution in [0.25, 0.3) is 21.8 Å². The van der Waals surface area contributed by atoms with Crippen molar-refractivity contribution in [2.75, 3.05) is 39.5 Å². The lowest BCUT2D eigenvalue weighted by Crippen LogP contribution is -2.48. The first kappa shape index (κ1) is 23.3. The zero-order valence-electron chi connectivity index (χ0n) is 19.3. The summed E-state index contributed by atoms with van der Waals surface area (Å²) in [7, 11) is 0. The molecule has 3 aromatic carbocycles. The summed E-state index contributed by atoms with van der Waals surface area (Å²) in [6, 6.07) is 18.9. The third-order valence-corrected chi connectivity index (χ3v) is 7.95. The Morgan fingerprint density at radius 3 is 2.06 bits per heavy atom. The van der Waals surface area contributed by atoms with E-state index in [1.807, 2.05) is 6.07 Å². The zero-order valence-corrected chi connectivity index (χ0v) is 22.5. The number of fused-ring (bicyclic) bond motifs is 4. The van der Waals surface area contributed by atoms with E-state index in [9.17, 15) is 5.11 Å². The number of benzene rings is 3. The van der Waals surface area contributed by atoms with E-state index in [0.717, 1.165) is 64.2 Å². The van der Waals surface area contributed by atoms with Gasteiger partial charge in [-0.3, -0.25) is 9.80 Å². The SMILES string of the molecule is OC(CN1CCN(Cc2ccc3c(c2)OCO3)CC1)Cn1c2ccc(Br)cc2c2cc(Br)ccc21. The Morgan fingerprint density at radius 2 is 1.37 bits per heavy atom. The van der Waals surface area contributed by atoms with Crippen molar-refractivity contribution in [3.8, 4) is 11.5 Å². The van der Waals surface area contributed by atoms with Gasteiger partial charge in [0, 0.05) is 70.0 Å². The molecule has 0 radical (unpaired) electrons. The normalized spacial score (nSPS) is 17.5. The van der Waals surface area contributed by atoms with Gasteiger partial charge in [-0.2, -0.15) is 0 Å². The molecule has 1 aromatic heterocycles. The average molecular weight is 601 g/mol. The van der Waals surface area contributed by atoms with Gasteiger partial charge >= 0.3 is 0 Å². The molecule has 1 atom stereocenters. The van der Waals surface area contributed by atoms with E-state index in [1.165, 1.54) is 16.3 Å². The lowest BCUT2D eigenvalue weighted by Gasteiger charge is -2.35. The molecule has 4 aromatic rings. The van der Waals surface area contributed by atoms with Gasteiger partial charge in [0.1, 0.15) is 0 Å². The molecule has 3 heterocycles. The van der Waals surface area contributed by atoms with Gasteiger partial charge in [0.2, 0.25) is 6.79 Å². The number of aromatic nitrogens is 1. The first-order chi connectivity index (χ1) is 17.0. The Kier molecular flexibility index (Phi) is 6.49. The maximum absolute atomic E-state index is 11.1. The van der Waals surface area contributed by atoms with Crippen LogP contribution in [0.5, 0.6) is 11.5 Å². The van der Waals surface area contributed by atoms with E-state index >= 15 is 0 Å². The van der Waals surface area contributed by atoms with Crippen LogP contribution < -0.4 is 9.47 Å². The topological polar surface area (TPSA) is 50.1 Å². The Labute approximate surface area is 221 Å². The summed E-state index contributed by atoms with van der Waals surface area (Å²) < 4.78 is 15.3. The predicted molar refractivity (Wildman–Crippen MR) is 145 cm³/mol. The second kappa shape index (κ2) is 9.75. The van der Waals surface area contributed by atoms with Crippen molar-refractivity contribution >= 4 is 53.7 Å². The summed E-state index contributed by atoms with van der Waals surface area (Å²) in [5.41, 5.74) is 3.54. The number of hydrogen-bond donors (Lipinski definition) is 1. The Morgan fingerprint density at radius 1 is 0.743 bits per heavy atom. The molecular formula is C27H27Br2N3O3. The maximum atomic E-state index is 11.1. The number of hydrogen-bond acceptors (Lipinski definition) is 5. The smallest absolute Gasteiger partial charge is 0.231 e. The molecule has 0 spiro atoms. The Balaban J connectivity index is 1.10. The van der Waals surface area contributed by atoms with Crippen molar-refractivity contribution in [1.82, 2.24) is 14.4 Å². The van der Waals surface area contributed by atoms with Gasteiger partial charge in [0.25, 0.3) is 0 Å². The fraction of sp³-hybridized carbons (Fsp3) is 0.333. The number of piperazine rings is 1. The second-order valence-electron chi connectivity index (χ2n) is 9.35. The molecule has 6 nitrogen and oxygen atoms in total. The first-order valence-electron chi connectivity index (χ1n) is 11.9. The highest BCUT2D eigenvalue weighted by Crippen LogP contribution is 2.34. The molecule has 1 fully saturated rings. The fourth-order valence-corrected chi connectivity index (χ4v) is 5.96. The minimum Gasteiger partial charge on any atom is -0.454 e. The van der Waals surface area contributed by atoms with Crippen molar-refractivity contribution in [2.24, 2.45) is 0 Å².